The molecule has 2 heterocycles. The minimum atomic E-state index is -4.00. The lowest BCUT2D eigenvalue weighted by molar-refractivity contribution is 0.102. The number of anilines is 1. The number of carbonyl (C=O) groups excluding carboxylic acids is 1. The molecule has 0 aliphatic carbocycles. The van der Waals surface area contributed by atoms with Crippen LogP contribution < -0.4 is 5.32 Å². The highest BCUT2D eigenvalue weighted by atomic mass is 32.2. The molecule has 0 spiro atoms. The van der Waals surface area contributed by atoms with Crippen LogP contribution in [0.4, 0.5) is 10.1 Å². The van der Waals surface area contributed by atoms with Gasteiger partial charge in [0.1, 0.15) is 10.7 Å². The molecule has 7 nitrogen and oxygen atoms in total. The van der Waals surface area contributed by atoms with E-state index in [1.54, 1.807) is 35.4 Å². The second kappa shape index (κ2) is 8.37. The minimum absolute atomic E-state index is 0.0624. The first kappa shape index (κ1) is 20.2. The Hall–Kier alpha value is -3.04. The predicted octanol–water partition coefficient (Wildman–Crippen LogP) is 3.44. The molecule has 1 amide bonds. The van der Waals surface area contributed by atoms with Crippen molar-refractivity contribution in [3.05, 3.63) is 72.6 Å². The summed E-state index contributed by atoms with van der Waals surface area (Å²) < 4.78 is 43.2. The molecule has 2 aromatic carbocycles. The molecule has 0 radical (unpaired) electrons. The van der Waals surface area contributed by atoms with E-state index in [2.05, 4.69) is 10.3 Å². The van der Waals surface area contributed by atoms with Gasteiger partial charge in [-0.1, -0.05) is 18.6 Å². The number of piperidine rings is 1. The summed E-state index contributed by atoms with van der Waals surface area (Å²) in [6.45, 7) is 0.715. The molecule has 1 aromatic heterocycles. The molecule has 9 heteroatoms. The van der Waals surface area contributed by atoms with Gasteiger partial charge in [0.2, 0.25) is 10.0 Å². The molecule has 1 saturated heterocycles. The molecule has 0 atom stereocenters. The lowest BCUT2D eigenvalue weighted by atomic mass is 10.2. The van der Waals surface area contributed by atoms with Crippen molar-refractivity contribution < 1.29 is 17.6 Å². The lowest BCUT2D eigenvalue weighted by Gasteiger charge is -2.26. The van der Waals surface area contributed by atoms with Gasteiger partial charge >= 0.3 is 0 Å². The zero-order valence-corrected chi connectivity index (χ0v) is 17.0. The Labute approximate surface area is 174 Å². The molecule has 1 fully saturated rings. The largest absolute Gasteiger partial charge is 0.320 e. The Morgan fingerprint density at radius 3 is 2.57 bits per heavy atom. The van der Waals surface area contributed by atoms with Crippen LogP contribution in [-0.2, 0) is 10.0 Å². The van der Waals surface area contributed by atoms with Crippen LogP contribution in [0.15, 0.2) is 66.1 Å². The number of hydrogen-bond acceptors (Lipinski definition) is 4. The summed E-state index contributed by atoms with van der Waals surface area (Å²) in [7, 11) is -4.00. The van der Waals surface area contributed by atoms with Gasteiger partial charge in [0.25, 0.3) is 5.91 Å². The third-order valence-electron chi connectivity index (χ3n) is 5.06. The third-order valence-corrected chi connectivity index (χ3v) is 6.97. The first-order valence-electron chi connectivity index (χ1n) is 9.65. The Kier molecular flexibility index (Phi) is 5.65. The number of nitrogens with one attached hydrogen (secondary N) is 1. The van der Waals surface area contributed by atoms with Crippen LogP contribution in [0.25, 0.3) is 5.69 Å². The average Bonchev–Trinajstić information content (AvgIpc) is 3.29. The fourth-order valence-electron chi connectivity index (χ4n) is 3.49. The van der Waals surface area contributed by atoms with E-state index in [0.717, 1.165) is 31.4 Å². The van der Waals surface area contributed by atoms with Crippen molar-refractivity contribution in [1.82, 2.24) is 13.9 Å². The molecule has 0 saturated carbocycles. The van der Waals surface area contributed by atoms with Gasteiger partial charge in [-0.25, -0.2) is 17.8 Å². The van der Waals surface area contributed by atoms with E-state index < -0.39 is 26.6 Å². The first-order valence-corrected chi connectivity index (χ1v) is 11.1. The van der Waals surface area contributed by atoms with Crippen molar-refractivity contribution in [3.8, 4) is 5.69 Å². The van der Waals surface area contributed by atoms with Gasteiger partial charge in [-0.05, 0) is 43.2 Å². The van der Waals surface area contributed by atoms with Crippen LogP contribution in [0, 0.1) is 5.82 Å². The average molecular weight is 428 g/mol. The normalized spacial score (nSPS) is 15.1. The molecule has 3 aromatic rings. The van der Waals surface area contributed by atoms with E-state index >= 15 is 0 Å². The number of hydrogen-bond donors (Lipinski definition) is 1. The predicted molar refractivity (Wildman–Crippen MR) is 111 cm³/mol. The minimum Gasteiger partial charge on any atom is -0.320 e. The van der Waals surface area contributed by atoms with Gasteiger partial charge in [0.05, 0.1) is 17.7 Å². The van der Waals surface area contributed by atoms with Gasteiger partial charge in [0.15, 0.2) is 0 Å². The second-order valence-electron chi connectivity index (χ2n) is 7.05. The number of rotatable bonds is 5. The topological polar surface area (TPSA) is 84.3 Å². The number of amides is 1. The number of para-hydroxylation sites is 2. The molecule has 156 valence electrons. The number of carbonyl (C=O) groups is 1. The van der Waals surface area contributed by atoms with Gasteiger partial charge in [-0.2, -0.15) is 4.31 Å². The maximum absolute atomic E-state index is 14.4. The summed E-state index contributed by atoms with van der Waals surface area (Å²) in [6, 6.07) is 10.5. The SMILES string of the molecule is O=C(Nc1ccccc1-n1ccnc1)c1ccc(F)c(S(=O)(=O)N2CCCCC2)c1. The summed E-state index contributed by atoms with van der Waals surface area (Å²) in [5, 5.41) is 2.77. The number of aromatic nitrogens is 2. The smallest absolute Gasteiger partial charge is 0.255 e. The Morgan fingerprint density at radius 1 is 1.07 bits per heavy atom. The fraction of sp³-hybridized carbons (Fsp3) is 0.238. The highest BCUT2D eigenvalue weighted by Crippen LogP contribution is 2.25. The van der Waals surface area contributed by atoms with Gasteiger partial charge < -0.3 is 9.88 Å². The molecule has 1 aliphatic heterocycles. The van der Waals surface area contributed by atoms with Crippen molar-refractivity contribution in [2.75, 3.05) is 18.4 Å². The van der Waals surface area contributed by atoms with Crippen LogP contribution in [0.1, 0.15) is 29.6 Å². The third kappa shape index (κ3) is 3.99. The summed E-state index contributed by atoms with van der Waals surface area (Å²) in [5.74, 6) is -1.39. The molecule has 0 unspecified atom stereocenters. The Balaban J connectivity index is 1.63. The molecular weight excluding hydrogens is 407 g/mol. The van der Waals surface area contributed by atoms with E-state index in [1.165, 1.54) is 10.4 Å². The molecular formula is C21H21FN4O3S. The summed E-state index contributed by atoms with van der Waals surface area (Å²) in [5.41, 5.74) is 1.28. The number of sulfonamides is 1. The van der Waals surface area contributed by atoms with Gasteiger partial charge in [0, 0.05) is 31.0 Å². The summed E-state index contributed by atoms with van der Waals surface area (Å²) in [4.78, 5) is 16.4. The molecule has 0 bridgehead atoms. The van der Waals surface area contributed by atoms with Crippen LogP contribution in [0.5, 0.6) is 0 Å². The van der Waals surface area contributed by atoms with Crippen molar-refractivity contribution in [2.24, 2.45) is 0 Å². The number of benzene rings is 2. The van der Waals surface area contributed by atoms with E-state index in [1.807, 2.05) is 12.1 Å². The van der Waals surface area contributed by atoms with Gasteiger partial charge in [-0.15, -0.1) is 0 Å². The van der Waals surface area contributed by atoms with Crippen LogP contribution in [-0.4, -0.2) is 41.3 Å². The van der Waals surface area contributed by atoms with Crippen LogP contribution >= 0.6 is 0 Å². The van der Waals surface area contributed by atoms with E-state index in [4.69, 9.17) is 0 Å². The van der Waals surface area contributed by atoms with Crippen LogP contribution in [0.2, 0.25) is 0 Å². The maximum Gasteiger partial charge on any atom is 0.255 e. The zero-order valence-electron chi connectivity index (χ0n) is 16.2. The maximum atomic E-state index is 14.4. The highest BCUT2D eigenvalue weighted by molar-refractivity contribution is 7.89. The van der Waals surface area contributed by atoms with E-state index in [0.29, 0.717) is 24.5 Å². The number of imidazole rings is 1. The summed E-state index contributed by atoms with van der Waals surface area (Å²) >= 11 is 0. The van der Waals surface area contributed by atoms with E-state index in [9.17, 15) is 17.6 Å². The standard InChI is InChI=1S/C21H21FN4O3S/c22-17-9-8-16(14-20(17)30(28,29)26-11-4-1-5-12-26)21(27)24-18-6-2-3-7-19(18)25-13-10-23-15-25/h2-3,6-10,13-15H,1,4-5,11-12H2,(H,24,27). The fourth-order valence-corrected chi connectivity index (χ4v) is 5.09. The monoisotopic (exact) mass is 428 g/mol. The zero-order chi connectivity index (χ0) is 21.1. The molecule has 30 heavy (non-hydrogen) atoms. The first-order chi connectivity index (χ1) is 14.5. The number of halogens is 1. The van der Waals surface area contributed by atoms with E-state index in [-0.39, 0.29) is 5.56 Å². The summed E-state index contributed by atoms with van der Waals surface area (Å²) in [6.07, 6.45) is 7.40. The van der Waals surface area contributed by atoms with Crippen molar-refractivity contribution in [1.29, 1.82) is 0 Å². The lowest BCUT2D eigenvalue weighted by Crippen LogP contribution is -2.36. The van der Waals surface area contributed by atoms with Crippen LogP contribution in [0.3, 0.4) is 0 Å². The highest BCUT2D eigenvalue weighted by Gasteiger charge is 2.29. The molecule has 1 aliphatic rings. The Morgan fingerprint density at radius 2 is 1.83 bits per heavy atom. The number of nitrogens with zero attached hydrogens (tertiary/aromatic N) is 3. The van der Waals surface area contributed by atoms with Gasteiger partial charge in [-0.3, -0.25) is 4.79 Å². The quantitative estimate of drug-likeness (QED) is 0.675. The molecule has 1 N–H and O–H groups in total. The van der Waals surface area contributed by atoms with Crippen molar-refractivity contribution in [2.45, 2.75) is 24.2 Å². The molecule has 4 rings (SSSR count). The Bertz CT molecular complexity index is 1160. The van der Waals surface area contributed by atoms with Crippen molar-refractivity contribution in [3.63, 3.8) is 0 Å². The second-order valence-corrected chi connectivity index (χ2v) is 8.96. The van der Waals surface area contributed by atoms with Crippen molar-refractivity contribution >= 4 is 21.6 Å².